The van der Waals surface area contributed by atoms with E-state index in [0.29, 0.717) is 11.3 Å². The minimum atomic E-state index is -0.807. The van der Waals surface area contributed by atoms with E-state index in [0.717, 1.165) is 22.1 Å². The van der Waals surface area contributed by atoms with Gasteiger partial charge >= 0.3 is 5.63 Å². The van der Waals surface area contributed by atoms with Gasteiger partial charge in [-0.15, -0.1) is 0 Å². The molecule has 1 aromatic heterocycles. The molecular formula is C26H23NO5. The number of amides is 1. The van der Waals surface area contributed by atoms with Crippen molar-refractivity contribution in [2.45, 2.75) is 19.1 Å². The van der Waals surface area contributed by atoms with Gasteiger partial charge in [0.2, 0.25) is 0 Å². The minimum Gasteiger partial charge on any atom is -0.481 e. The number of aliphatic hydroxyl groups excluding tert-OH is 1. The molecule has 0 saturated carbocycles. The fourth-order valence-corrected chi connectivity index (χ4v) is 3.46. The lowest BCUT2D eigenvalue weighted by atomic mass is 10.0. The van der Waals surface area contributed by atoms with Gasteiger partial charge < -0.3 is 19.6 Å². The lowest BCUT2D eigenvalue weighted by Gasteiger charge is -2.17. The third-order valence-electron chi connectivity index (χ3n) is 5.14. The molecule has 0 spiro atoms. The van der Waals surface area contributed by atoms with Crippen molar-refractivity contribution < 1.29 is 19.1 Å². The van der Waals surface area contributed by atoms with Gasteiger partial charge in [0.05, 0.1) is 6.10 Å². The second-order valence-corrected chi connectivity index (χ2v) is 7.43. The summed E-state index contributed by atoms with van der Waals surface area (Å²) in [6, 6.07) is 25.3. The summed E-state index contributed by atoms with van der Waals surface area (Å²) >= 11 is 0. The van der Waals surface area contributed by atoms with E-state index >= 15 is 0 Å². The largest absolute Gasteiger partial charge is 0.481 e. The van der Waals surface area contributed by atoms with Gasteiger partial charge in [0.25, 0.3) is 5.91 Å². The number of fused-ring (bicyclic) bond motifs is 1. The molecule has 0 aliphatic heterocycles. The zero-order valence-electron chi connectivity index (χ0n) is 17.5. The van der Waals surface area contributed by atoms with Crippen LogP contribution < -0.4 is 15.7 Å². The molecule has 0 saturated heterocycles. The molecule has 0 aliphatic rings. The average Bonchev–Trinajstić information content (AvgIpc) is 2.82. The number of benzene rings is 3. The highest BCUT2D eigenvalue weighted by Gasteiger charge is 2.17. The van der Waals surface area contributed by atoms with Gasteiger partial charge in [-0.1, -0.05) is 60.7 Å². The Morgan fingerprint density at radius 3 is 2.41 bits per heavy atom. The molecule has 0 fully saturated rings. The molecule has 1 amide bonds. The second-order valence-electron chi connectivity index (χ2n) is 7.43. The molecule has 162 valence electrons. The van der Waals surface area contributed by atoms with Crippen LogP contribution in [0.3, 0.4) is 0 Å². The molecule has 2 atom stereocenters. The van der Waals surface area contributed by atoms with Crippen LogP contribution in [0.15, 0.2) is 94.1 Å². The molecule has 6 heteroatoms. The van der Waals surface area contributed by atoms with Gasteiger partial charge in [0, 0.05) is 24.1 Å². The van der Waals surface area contributed by atoms with Crippen LogP contribution >= 0.6 is 0 Å². The number of rotatable bonds is 7. The highest BCUT2D eigenvalue weighted by Crippen LogP contribution is 2.29. The minimum absolute atomic E-state index is 0.0730. The van der Waals surface area contributed by atoms with Crippen LogP contribution in [-0.2, 0) is 4.79 Å². The smallest absolute Gasteiger partial charge is 0.336 e. The summed E-state index contributed by atoms with van der Waals surface area (Å²) in [5, 5.41) is 13.7. The zero-order chi connectivity index (χ0) is 22.5. The lowest BCUT2D eigenvalue weighted by Crippen LogP contribution is -2.38. The van der Waals surface area contributed by atoms with Crippen LogP contribution in [0.4, 0.5) is 0 Å². The average molecular weight is 429 g/mol. The normalized spacial score (nSPS) is 12.8. The highest BCUT2D eigenvalue weighted by molar-refractivity contribution is 5.93. The standard InChI is InChI=1S/C26H23NO5/c1-17(26(30)27-16-23(28)19-10-6-3-7-11-19)31-20-12-13-21-22(18-8-4-2-5-9-18)15-25(29)32-24(21)14-20/h2-15,17,23,28H,16H2,1H3,(H,27,30)/t17-,23+/m1/s1. The maximum Gasteiger partial charge on any atom is 0.336 e. The Bertz CT molecular complexity index is 1270. The van der Waals surface area contributed by atoms with Crippen molar-refractivity contribution in [1.82, 2.24) is 5.32 Å². The number of nitrogens with one attached hydrogen (secondary N) is 1. The second kappa shape index (κ2) is 9.49. The van der Waals surface area contributed by atoms with E-state index < -0.39 is 17.8 Å². The van der Waals surface area contributed by atoms with E-state index in [1.54, 1.807) is 37.3 Å². The summed E-state index contributed by atoms with van der Waals surface area (Å²) in [5.41, 5.74) is 2.31. The summed E-state index contributed by atoms with van der Waals surface area (Å²) in [7, 11) is 0. The van der Waals surface area contributed by atoms with Gasteiger partial charge in [-0.05, 0) is 35.7 Å². The predicted molar refractivity (Wildman–Crippen MR) is 122 cm³/mol. The summed E-state index contributed by atoms with van der Waals surface area (Å²) in [4.78, 5) is 24.5. The zero-order valence-corrected chi connectivity index (χ0v) is 17.5. The molecule has 6 nitrogen and oxygen atoms in total. The van der Waals surface area contributed by atoms with E-state index in [-0.39, 0.29) is 12.5 Å². The Balaban J connectivity index is 1.47. The van der Waals surface area contributed by atoms with Gasteiger partial charge in [0.1, 0.15) is 11.3 Å². The maximum atomic E-state index is 12.4. The van der Waals surface area contributed by atoms with Crippen molar-refractivity contribution in [1.29, 1.82) is 0 Å². The third-order valence-corrected chi connectivity index (χ3v) is 5.14. The molecule has 4 aromatic rings. The number of carbonyl (C=O) groups excluding carboxylic acids is 1. The van der Waals surface area contributed by atoms with Crippen LogP contribution in [0, 0.1) is 0 Å². The number of hydrogen-bond donors (Lipinski definition) is 2. The molecule has 0 radical (unpaired) electrons. The molecular weight excluding hydrogens is 406 g/mol. The van der Waals surface area contributed by atoms with Gasteiger partial charge in [-0.25, -0.2) is 4.79 Å². The molecule has 1 heterocycles. The van der Waals surface area contributed by atoms with Crippen molar-refractivity contribution in [2.75, 3.05) is 6.54 Å². The number of aliphatic hydroxyl groups is 1. The SMILES string of the molecule is C[C@@H](Oc1ccc2c(-c3ccccc3)cc(=O)oc2c1)C(=O)NC[C@H](O)c1ccccc1. The van der Waals surface area contributed by atoms with Crippen molar-refractivity contribution in [3.05, 3.63) is 101 Å². The van der Waals surface area contributed by atoms with Crippen molar-refractivity contribution in [3.63, 3.8) is 0 Å². The predicted octanol–water partition coefficient (Wildman–Crippen LogP) is 4.08. The van der Waals surface area contributed by atoms with Crippen LogP contribution in [0.5, 0.6) is 5.75 Å². The fraction of sp³-hybridized carbons (Fsp3) is 0.154. The van der Waals surface area contributed by atoms with E-state index in [1.165, 1.54) is 6.07 Å². The van der Waals surface area contributed by atoms with E-state index in [4.69, 9.17) is 9.15 Å². The Labute approximate surface area is 185 Å². The molecule has 4 rings (SSSR count). The van der Waals surface area contributed by atoms with Gasteiger partial charge in [0.15, 0.2) is 6.10 Å². The summed E-state index contributed by atoms with van der Waals surface area (Å²) in [6.45, 7) is 1.69. The first-order chi connectivity index (χ1) is 15.5. The summed E-state index contributed by atoms with van der Waals surface area (Å²) < 4.78 is 11.1. The maximum absolute atomic E-state index is 12.4. The molecule has 3 aromatic carbocycles. The molecule has 32 heavy (non-hydrogen) atoms. The molecule has 2 N–H and O–H groups in total. The quantitative estimate of drug-likeness (QED) is 0.432. The monoisotopic (exact) mass is 429 g/mol. The fourth-order valence-electron chi connectivity index (χ4n) is 3.46. The first kappa shape index (κ1) is 21.3. The van der Waals surface area contributed by atoms with Crippen molar-refractivity contribution in [2.24, 2.45) is 0 Å². The van der Waals surface area contributed by atoms with Crippen LogP contribution in [0.2, 0.25) is 0 Å². The molecule has 0 bridgehead atoms. The van der Waals surface area contributed by atoms with E-state index in [2.05, 4.69) is 5.32 Å². The van der Waals surface area contributed by atoms with E-state index in [9.17, 15) is 14.7 Å². The Hall–Kier alpha value is -3.90. The van der Waals surface area contributed by atoms with Gasteiger partial charge in [-0.3, -0.25) is 4.79 Å². The Kier molecular flexibility index (Phi) is 6.33. The van der Waals surface area contributed by atoms with Crippen LogP contribution in [0.25, 0.3) is 22.1 Å². The Morgan fingerprint density at radius 1 is 1.00 bits per heavy atom. The van der Waals surface area contributed by atoms with Crippen molar-refractivity contribution in [3.8, 4) is 16.9 Å². The highest BCUT2D eigenvalue weighted by atomic mass is 16.5. The molecule has 0 unspecified atom stereocenters. The van der Waals surface area contributed by atoms with Crippen LogP contribution in [0.1, 0.15) is 18.6 Å². The molecule has 0 aliphatic carbocycles. The number of carbonyl (C=O) groups is 1. The van der Waals surface area contributed by atoms with Gasteiger partial charge in [-0.2, -0.15) is 0 Å². The Morgan fingerprint density at radius 2 is 1.69 bits per heavy atom. The number of ether oxygens (including phenoxy) is 1. The first-order valence-electron chi connectivity index (χ1n) is 10.3. The summed E-state index contributed by atoms with van der Waals surface area (Å²) in [5.74, 6) is 0.0386. The lowest BCUT2D eigenvalue weighted by molar-refractivity contribution is -0.127. The van der Waals surface area contributed by atoms with E-state index in [1.807, 2.05) is 48.5 Å². The first-order valence-corrected chi connectivity index (χ1v) is 10.3. The van der Waals surface area contributed by atoms with Crippen LogP contribution in [-0.4, -0.2) is 23.7 Å². The number of hydrogen-bond acceptors (Lipinski definition) is 5. The summed E-state index contributed by atoms with van der Waals surface area (Å²) in [6.07, 6.45) is -1.61. The third kappa shape index (κ3) is 4.87. The topological polar surface area (TPSA) is 88.8 Å². The van der Waals surface area contributed by atoms with Crippen molar-refractivity contribution >= 4 is 16.9 Å².